The lowest BCUT2D eigenvalue weighted by Gasteiger charge is -2.39. The summed E-state index contributed by atoms with van der Waals surface area (Å²) in [4.78, 5) is 49.6. The Morgan fingerprint density at radius 1 is 1.06 bits per heavy atom. The highest BCUT2D eigenvalue weighted by molar-refractivity contribution is 7.16. The predicted octanol–water partition coefficient (Wildman–Crippen LogP) is 8.60. The molecule has 5 atom stereocenters. The highest BCUT2D eigenvalue weighted by atomic mass is 32.1. The maximum absolute atomic E-state index is 14.7. The number of aromatic nitrogens is 9. The number of nitriles is 1. The van der Waals surface area contributed by atoms with E-state index in [9.17, 15) is 20.0 Å². The molecule has 12 rings (SSSR count). The molecule has 1 spiro atoms. The van der Waals surface area contributed by atoms with Crippen LogP contribution in [0.1, 0.15) is 148 Å². The van der Waals surface area contributed by atoms with Gasteiger partial charge in [-0.05, 0) is 113 Å². The van der Waals surface area contributed by atoms with Crippen LogP contribution in [0.15, 0.2) is 59.0 Å². The number of ether oxygens (including phenoxy) is 2. The number of piperidine rings is 1. The molecule has 0 bridgehead atoms. The second-order valence-corrected chi connectivity index (χ2v) is 26.5. The Kier molecular flexibility index (Phi) is 15.2. The number of nitrogens with zero attached hydrogens (tertiary/aromatic N) is 12. The molecule has 7 aromatic rings. The van der Waals surface area contributed by atoms with E-state index in [1.807, 2.05) is 87.5 Å². The Morgan fingerprint density at radius 2 is 1.84 bits per heavy atom. The Bertz CT molecular complexity index is 3520. The van der Waals surface area contributed by atoms with Gasteiger partial charge in [0.15, 0.2) is 17.3 Å². The number of nitrogens with two attached hydrogens (primary N) is 1. The van der Waals surface area contributed by atoms with Crippen LogP contribution in [0.2, 0.25) is 0 Å². The largest absolute Gasteiger partial charge is 0.477 e. The molecule has 3 fully saturated rings. The van der Waals surface area contributed by atoms with Gasteiger partial charge in [-0.15, -0.1) is 27.8 Å². The number of methoxy groups -OCH3 is 1. The van der Waals surface area contributed by atoms with Crippen LogP contribution in [-0.2, 0) is 39.1 Å². The zero-order chi connectivity index (χ0) is 57.1. The SMILES string of the molecule is COCCn1cc(-c2cc(OCC3(CN4CCC(c5cn([C@H](C(=O)N6C[C@H](O)C[C@H]6C(=O)N[C@@H](C)c6ccc(-c7scnc7C)cc6)C(C)(C)C)nn5)CC4)CC3)nc(-c3noc4c3CCC[C@@]43CCCc4sc(N)c(C#N)c43)n2)cn1. The summed E-state index contributed by atoms with van der Waals surface area (Å²) in [5.74, 6) is 1.27. The van der Waals surface area contributed by atoms with Gasteiger partial charge in [0.25, 0.3) is 0 Å². The Balaban J connectivity index is 0.705. The predicted molar refractivity (Wildman–Crippen MR) is 310 cm³/mol. The molecule has 1 saturated carbocycles. The summed E-state index contributed by atoms with van der Waals surface area (Å²) in [5, 5.41) is 43.5. The van der Waals surface area contributed by atoms with Crippen molar-refractivity contribution >= 4 is 39.5 Å². The molecule has 2 aliphatic heterocycles. The van der Waals surface area contributed by atoms with Gasteiger partial charge in [-0.1, -0.05) is 55.4 Å². The van der Waals surface area contributed by atoms with Crippen molar-refractivity contribution in [2.24, 2.45) is 10.8 Å². The number of nitrogen functional groups attached to an aromatic ring is 1. The highest BCUT2D eigenvalue weighted by Gasteiger charge is 2.50. The number of aliphatic hydroxyl groups excluding tert-OH is 1. The monoisotopic (exact) mass is 1150 g/mol. The van der Waals surface area contributed by atoms with Crippen molar-refractivity contribution in [1.82, 2.24) is 60.0 Å². The van der Waals surface area contributed by atoms with E-state index < -0.39 is 29.0 Å². The zero-order valence-electron chi connectivity index (χ0n) is 47.6. The molecule has 1 aromatic carbocycles. The molecule has 22 heteroatoms. The number of β-amino-alcohol motifs (C(OH)–C–C–N with tert-alkyl or cyclic N) is 1. The molecule has 20 nitrogen and oxygen atoms in total. The molecule has 2 amide bonds. The summed E-state index contributed by atoms with van der Waals surface area (Å²) in [6.45, 7) is 14.2. The number of anilines is 1. The molecule has 3 aliphatic carbocycles. The fourth-order valence-electron chi connectivity index (χ4n) is 13.2. The molecule has 5 aliphatic rings. The molecule has 430 valence electrons. The van der Waals surface area contributed by atoms with Crippen LogP contribution in [0.3, 0.4) is 0 Å². The maximum atomic E-state index is 14.7. The van der Waals surface area contributed by atoms with Crippen molar-refractivity contribution in [3.05, 3.63) is 98.7 Å². The number of hydrogen-bond acceptors (Lipinski definition) is 18. The van der Waals surface area contributed by atoms with Crippen molar-refractivity contribution in [2.75, 3.05) is 52.2 Å². The van der Waals surface area contributed by atoms with Crippen LogP contribution in [0.25, 0.3) is 33.2 Å². The summed E-state index contributed by atoms with van der Waals surface area (Å²) < 4.78 is 22.0. The number of carbonyl (C=O) groups excluding carboxylic acids is 2. The Morgan fingerprint density at radius 3 is 2.56 bits per heavy atom. The zero-order valence-corrected chi connectivity index (χ0v) is 49.2. The first-order valence-corrected chi connectivity index (χ1v) is 30.5. The van der Waals surface area contributed by atoms with Crippen molar-refractivity contribution in [1.29, 1.82) is 5.26 Å². The van der Waals surface area contributed by atoms with Gasteiger partial charge in [0.1, 0.15) is 23.2 Å². The van der Waals surface area contributed by atoms with Crippen LogP contribution in [0, 0.1) is 29.1 Å². The van der Waals surface area contributed by atoms with Crippen LogP contribution in [-0.4, -0.2) is 130 Å². The summed E-state index contributed by atoms with van der Waals surface area (Å²) in [5.41, 5.74) is 15.7. The second kappa shape index (κ2) is 22.4. The number of hydrogen-bond donors (Lipinski definition) is 3. The standard InChI is InChI=1S/C60H72N14O6S2/c1-35(37-11-13-39(14-12-37)51-36(2)63-34-81-51)65-56(76)46-25-41(75)30-73(46)57(77)52(58(3,4)5)74-31-45(68-70-74)38-15-21-71(22-16-38)32-59(19-20-59)33-79-48-26-44(40-28-64-72(29-40)23-24-78-6)66-55(67-48)50-42-9-7-17-60(53(42)80-69-50)18-8-10-47-49(60)43(27-61)54(62)82-47/h11-14,26,28-29,31,34-35,38,41,46,52,75H,7-10,15-25,30,32-33,62H2,1-6H3,(H,65,76)/t35-,41+,46-,52+,60-/m0/s1. The van der Waals surface area contributed by atoms with Crippen molar-refractivity contribution in [3.63, 3.8) is 0 Å². The number of thiophene rings is 1. The number of amides is 2. The molecule has 6 aromatic heterocycles. The maximum Gasteiger partial charge on any atom is 0.248 e. The second-order valence-electron chi connectivity index (χ2n) is 24.5. The van der Waals surface area contributed by atoms with E-state index in [-0.39, 0.29) is 42.2 Å². The molecule has 4 N–H and O–H groups in total. The van der Waals surface area contributed by atoms with Gasteiger partial charge in [-0.3, -0.25) is 14.3 Å². The number of likely N-dealkylation sites (tertiary alicyclic amines) is 2. The molecule has 8 heterocycles. The highest BCUT2D eigenvalue weighted by Crippen LogP contribution is 2.55. The van der Waals surface area contributed by atoms with Gasteiger partial charge in [-0.25, -0.2) is 14.6 Å². The van der Waals surface area contributed by atoms with E-state index in [0.29, 0.717) is 53.4 Å². The van der Waals surface area contributed by atoms with Crippen LogP contribution in [0.4, 0.5) is 5.00 Å². The van der Waals surface area contributed by atoms with Crippen LogP contribution >= 0.6 is 22.7 Å². The molecular formula is C60H72N14O6S2. The smallest absolute Gasteiger partial charge is 0.248 e. The minimum Gasteiger partial charge on any atom is -0.477 e. The number of aryl methyl sites for hydroxylation is 2. The number of carbonyl (C=O) groups is 2. The van der Waals surface area contributed by atoms with E-state index in [4.69, 9.17) is 34.9 Å². The Labute approximate surface area is 485 Å². The van der Waals surface area contributed by atoms with Gasteiger partial charge in [0, 0.05) is 72.4 Å². The van der Waals surface area contributed by atoms with Crippen molar-refractivity contribution in [2.45, 2.75) is 147 Å². The molecule has 0 unspecified atom stereocenters. The summed E-state index contributed by atoms with van der Waals surface area (Å²) in [6.07, 6.45) is 14.1. The third-order valence-corrected chi connectivity index (χ3v) is 19.8. The number of fused-ring (bicyclic) bond motifs is 4. The van der Waals surface area contributed by atoms with E-state index in [1.165, 1.54) is 21.1 Å². The molecule has 0 radical (unpaired) electrons. The van der Waals surface area contributed by atoms with E-state index in [2.05, 4.69) is 36.7 Å². The molecular weight excluding hydrogens is 1080 g/mol. The number of aliphatic hydroxyl groups is 1. The van der Waals surface area contributed by atoms with E-state index >= 15 is 0 Å². The van der Waals surface area contributed by atoms with Gasteiger partial charge >= 0.3 is 0 Å². The van der Waals surface area contributed by atoms with Crippen molar-refractivity contribution in [3.8, 4) is 45.2 Å². The lowest BCUT2D eigenvalue weighted by atomic mass is 9.63. The summed E-state index contributed by atoms with van der Waals surface area (Å²) in [6, 6.07) is 10.5. The minimum atomic E-state index is -0.836. The fraction of sp³-hybridized carbons (Fsp3) is 0.533. The normalized spacial score (nSPS) is 21.5. The first-order valence-electron chi connectivity index (χ1n) is 28.8. The number of thiazole rings is 1. The third-order valence-electron chi connectivity index (χ3n) is 17.8. The lowest BCUT2D eigenvalue weighted by Crippen LogP contribution is -2.50. The minimum absolute atomic E-state index is 0.0331. The first kappa shape index (κ1) is 55.6. The van der Waals surface area contributed by atoms with Crippen molar-refractivity contribution < 1.29 is 28.7 Å². The van der Waals surface area contributed by atoms with Crippen LogP contribution in [0.5, 0.6) is 5.88 Å². The van der Waals surface area contributed by atoms with Gasteiger partial charge in [-0.2, -0.15) is 15.3 Å². The van der Waals surface area contributed by atoms with Gasteiger partial charge in [0.05, 0.1) is 76.5 Å². The lowest BCUT2D eigenvalue weighted by molar-refractivity contribution is -0.144. The number of benzene rings is 1. The number of nitrogens with one attached hydrogen (secondary N) is 1. The quantitative estimate of drug-likeness (QED) is 0.0771. The summed E-state index contributed by atoms with van der Waals surface area (Å²) >= 11 is 3.12. The van der Waals surface area contributed by atoms with Gasteiger partial charge in [0.2, 0.25) is 17.7 Å². The average molecular weight is 1150 g/mol. The average Bonchev–Trinajstić information content (AvgIpc) is 4.15. The van der Waals surface area contributed by atoms with Crippen LogP contribution < -0.4 is 15.8 Å². The molecule has 82 heavy (non-hydrogen) atoms. The first-order chi connectivity index (χ1) is 39.5. The summed E-state index contributed by atoms with van der Waals surface area (Å²) in [7, 11) is 1.67. The Hall–Kier alpha value is -6.90. The third kappa shape index (κ3) is 10.7. The topological polar surface area (TPSA) is 254 Å². The van der Waals surface area contributed by atoms with E-state index in [0.717, 1.165) is 134 Å². The van der Waals surface area contributed by atoms with E-state index in [1.54, 1.807) is 29.3 Å². The fourth-order valence-corrected chi connectivity index (χ4v) is 15.2. The number of rotatable bonds is 17. The van der Waals surface area contributed by atoms with Gasteiger partial charge < -0.3 is 40.0 Å². The molecule has 2 saturated heterocycles.